The van der Waals surface area contributed by atoms with E-state index in [-0.39, 0.29) is 18.4 Å². The van der Waals surface area contributed by atoms with Crippen molar-refractivity contribution in [3.8, 4) is 0 Å². The van der Waals surface area contributed by atoms with Crippen LogP contribution in [-0.2, 0) is 13.0 Å². The van der Waals surface area contributed by atoms with Gasteiger partial charge in [0.2, 0.25) is 5.89 Å². The van der Waals surface area contributed by atoms with Gasteiger partial charge in [-0.05, 0) is 32.8 Å². The maximum atomic E-state index is 6.24. The molecule has 8 heteroatoms. The molecule has 0 radical (unpaired) electrons. The van der Waals surface area contributed by atoms with Crippen molar-refractivity contribution in [3.05, 3.63) is 59.7 Å². The molecule has 7 nitrogen and oxygen atoms in total. The van der Waals surface area contributed by atoms with Crippen LogP contribution >= 0.6 is 12.4 Å². The molecule has 1 aromatic carbocycles. The van der Waals surface area contributed by atoms with E-state index in [4.69, 9.17) is 10.2 Å². The zero-order valence-electron chi connectivity index (χ0n) is 15.9. The predicted molar refractivity (Wildman–Crippen MR) is 108 cm³/mol. The zero-order chi connectivity index (χ0) is 18.5. The maximum absolute atomic E-state index is 6.24. The molecule has 0 aliphatic carbocycles. The molecule has 0 amide bonds. The first kappa shape index (κ1) is 20.9. The van der Waals surface area contributed by atoms with E-state index < -0.39 is 0 Å². The van der Waals surface area contributed by atoms with Gasteiger partial charge in [-0.15, -0.1) is 17.5 Å². The highest BCUT2D eigenvalue weighted by Gasteiger charge is 2.19. The zero-order valence-corrected chi connectivity index (χ0v) is 16.8. The second-order valence-corrected chi connectivity index (χ2v) is 6.66. The van der Waals surface area contributed by atoms with Crippen LogP contribution in [0.3, 0.4) is 0 Å². The van der Waals surface area contributed by atoms with Crippen LogP contribution in [0.5, 0.6) is 0 Å². The molecule has 0 aliphatic heterocycles. The first-order chi connectivity index (χ1) is 12.6. The van der Waals surface area contributed by atoms with Gasteiger partial charge in [-0.25, -0.2) is 0 Å². The van der Waals surface area contributed by atoms with Crippen LogP contribution in [0, 0.1) is 0 Å². The van der Waals surface area contributed by atoms with Gasteiger partial charge in [0, 0.05) is 24.3 Å². The smallest absolute Gasteiger partial charge is 0.318 e. The van der Waals surface area contributed by atoms with E-state index >= 15 is 0 Å². The number of nitrogens with two attached hydrogens (primary N) is 1. The van der Waals surface area contributed by atoms with E-state index in [1.807, 2.05) is 52.3 Å². The van der Waals surface area contributed by atoms with E-state index in [9.17, 15) is 0 Å². The van der Waals surface area contributed by atoms with Gasteiger partial charge in [0.05, 0.1) is 18.8 Å². The summed E-state index contributed by atoms with van der Waals surface area (Å²) >= 11 is 0. The summed E-state index contributed by atoms with van der Waals surface area (Å²) in [5, 5.41) is 12.7. The van der Waals surface area contributed by atoms with E-state index in [0.29, 0.717) is 30.9 Å². The molecule has 0 fully saturated rings. The lowest BCUT2D eigenvalue weighted by Crippen LogP contribution is -2.22. The van der Waals surface area contributed by atoms with Gasteiger partial charge in [0.15, 0.2) is 0 Å². The summed E-state index contributed by atoms with van der Waals surface area (Å²) in [7, 11) is 0. The Morgan fingerprint density at radius 3 is 2.52 bits per heavy atom. The lowest BCUT2D eigenvalue weighted by Gasteiger charge is -2.16. The number of aromatic nitrogens is 4. The molecule has 3 rings (SSSR count). The normalized spacial score (nSPS) is 12.0. The molecule has 1 atom stereocenters. The molecule has 0 saturated heterocycles. The van der Waals surface area contributed by atoms with Gasteiger partial charge in [0.1, 0.15) is 0 Å². The number of benzene rings is 1. The molecule has 27 heavy (non-hydrogen) atoms. The average Bonchev–Trinajstić information content (AvgIpc) is 3.30. The number of anilines is 1. The molecule has 2 N–H and O–H groups in total. The third-order valence-corrected chi connectivity index (χ3v) is 4.26. The van der Waals surface area contributed by atoms with Crippen LogP contribution in [0.1, 0.15) is 49.9 Å². The summed E-state index contributed by atoms with van der Waals surface area (Å²) < 4.78 is 7.79. The quantitative estimate of drug-likeness (QED) is 0.633. The summed E-state index contributed by atoms with van der Waals surface area (Å²) in [5.74, 6) is 0.458. The van der Waals surface area contributed by atoms with Crippen molar-refractivity contribution in [1.82, 2.24) is 20.0 Å². The summed E-state index contributed by atoms with van der Waals surface area (Å²) in [4.78, 5) is 2.02. The SMILES string of the molecule is CCN(Cc1cnn(C(C)C)c1)c1nnc([C@H](N)Cc2ccccc2)o1.Cl. The van der Waals surface area contributed by atoms with Gasteiger partial charge in [-0.2, -0.15) is 5.10 Å². The number of hydrogen-bond donors (Lipinski definition) is 1. The van der Waals surface area contributed by atoms with E-state index in [2.05, 4.69) is 36.1 Å². The summed E-state index contributed by atoms with van der Waals surface area (Å²) in [6.07, 6.45) is 4.59. The van der Waals surface area contributed by atoms with Crippen LogP contribution in [0.2, 0.25) is 0 Å². The fraction of sp³-hybridized carbons (Fsp3) is 0.421. The number of hydrogen-bond acceptors (Lipinski definition) is 6. The highest BCUT2D eigenvalue weighted by atomic mass is 35.5. The second kappa shape index (κ2) is 9.53. The average molecular weight is 391 g/mol. The largest absolute Gasteiger partial charge is 0.406 e. The van der Waals surface area contributed by atoms with Crippen molar-refractivity contribution in [3.63, 3.8) is 0 Å². The van der Waals surface area contributed by atoms with E-state index in [0.717, 1.165) is 17.7 Å². The third-order valence-electron chi connectivity index (χ3n) is 4.26. The Morgan fingerprint density at radius 2 is 1.89 bits per heavy atom. The molecule has 0 unspecified atom stereocenters. The lowest BCUT2D eigenvalue weighted by molar-refractivity contribution is 0.443. The number of halogens is 1. The van der Waals surface area contributed by atoms with Gasteiger partial charge in [-0.1, -0.05) is 35.4 Å². The molecule has 3 aromatic rings. The van der Waals surface area contributed by atoms with Gasteiger partial charge < -0.3 is 15.1 Å². The van der Waals surface area contributed by atoms with Crippen molar-refractivity contribution in [2.45, 2.75) is 45.8 Å². The first-order valence-electron chi connectivity index (χ1n) is 8.97. The van der Waals surface area contributed by atoms with Crippen LogP contribution < -0.4 is 10.6 Å². The van der Waals surface area contributed by atoms with Crippen molar-refractivity contribution in [1.29, 1.82) is 0 Å². The Bertz CT molecular complexity index is 816. The maximum Gasteiger partial charge on any atom is 0.318 e. The molecule has 0 spiro atoms. The Hall–Kier alpha value is -2.38. The van der Waals surface area contributed by atoms with Crippen molar-refractivity contribution in [2.75, 3.05) is 11.4 Å². The Morgan fingerprint density at radius 1 is 1.15 bits per heavy atom. The number of rotatable bonds is 8. The molecule has 0 bridgehead atoms. The molecule has 146 valence electrons. The Labute approximate surface area is 166 Å². The van der Waals surface area contributed by atoms with Gasteiger partial charge in [-0.3, -0.25) is 4.68 Å². The topological polar surface area (TPSA) is 86.0 Å². The standard InChI is InChI=1S/C19H26N6O.ClH/c1-4-24(12-16-11-21-25(13-16)14(2)3)19-23-22-18(26-19)17(20)10-15-8-6-5-7-9-15;/h5-9,11,13-14,17H,4,10,12,20H2,1-3H3;1H/t17-;/m1./s1. The van der Waals surface area contributed by atoms with Crippen LogP contribution in [0.15, 0.2) is 47.1 Å². The fourth-order valence-corrected chi connectivity index (χ4v) is 2.74. The van der Waals surface area contributed by atoms with E-state index in [1.54, 1.807) is 0 Å². The van der Waals surface area contributed by atoms with Gasteiger partial charge in [0.25, 0.3) is 0 Å². The summed E-state index contributed by atoms with van der Waals surface area (Å²) in [6.45, 7) is 7.68. The van der Waals surface area contributed by atoms with E-state index in [1.165, 1.54) is 0 Å². The highest BCUT2D eigenvalue weighted by molar-refractivity contribution is 5.85. The minimum absolute atomic E-state index is 0. The van der Waals surface area contributed by atoms with Crippen molar-refractivity contribution >= 4 is 18.4 Å². The summed E-state index contributed by atoms with van der Waals surface area (Å²) in [5.41, 5.74) is 8.49. The third kappa shape index (κ3) is 5.30. The molecule has 2 aromatic heterocycles. The molecule has 0 aliphatic rings. The highest BCUT2D eigenvalue weighted by Crippen LogP contribution is 2.21. The summed E-state index contributed by atoms with van der Waals surface area (Å²) in [6, 6.07) is 10.6. The first-order valence-corrected chi connectivity index (χ1v) is 8.97. The fourth-order valence-electron chi connectivity index (χ4n) is 2.74. The van der Waals surface area contributed by atoms with Crippen LogP contribution in [-0.4, -0.2) is 26.5 Å². The van der Waals surface area contributed by atoms with Crippen molar-refractivity contribution < 1.29 is 4.42 Å². The molecule has 2 heterocycles. The van der Waals surface area contributed by atoms with Crippen LogP contribution in [0.25, 0.3) is 0 Å². The molecule has 0 saturated carbocycles. The predicted octanol–water partition coefficient (Wildman–Crippen LogP) is 3.54. The monoisotopic (exact) mass is 390 g/mol. The minimum atomic E-state index is -0.318. The minimum Gasteiger partial charge on any atom is -0.406 e. The van der Waals surface area contributed by atoms with Gasteiger partial charge >= 0.3 is 6.01 Å². The number of nitrogens with zero attached hydrogens (tertiary/aromatic N) is 5. The van der Waals surface area contributed by atoms with Crippen LogP contribution in [0.4, 0.5) is 6.01 Å². The molecular weight excluding hydrogens is 364 g/mol. The Balaban J connectivity index is 0.00000261. The van der Waals surface area contributed by atoms with Crippen molar-refractivity contribution in [2.24, 2.45) is 5.73 Å². The second-order valence-electron chi connectivity index (χ2n) is 6.66. The lowest BCUT2D eigenvalue weighted by atomic mass is 10.1. The Kier molecular flexibility index (Phi) is 7.38. The molecular formula is C19H27ClN6O.